The van der Waals surface area contributed by atoms with E-state index in [0.717, 1.165) is 0 Å². The second-order valence-electron chi connectivity index (χ2n) is 2.09. The molecule has 1 rings (SSSR count). The second-order valence-corrected chi connectivity index (χ2v) is 2.09. The molecule has 0 bridgehead atoms. The Hall–Kier alpha value is -1.29. The monoisotopic (exact) mass is 169 g/mol. The third kappa shape index (κ3) is 2.75. The molecule has 4 heteroatoms. The Labute approximate surface area is 70.1 Å². The fraction of sp³-hybridized carbons (Fsp3) is 0.375. The van der Waals surface area contributed by atoms with Crippen LogP contribution < -0.4 is 0 Å². The molecule has 12 heavy (non-hydrogen) atoms. The first kappa shape index (κ1) is 8.80. The van der Waals surface area contributed by atoms with E-state index in [0.29, 0.717) is 5.76 Å². The predicted molar refractivity (Wildman–Crippen MR) is 39.2 cm³/mol. The van der Waals surface area contributed by atoms with Gasteiger partial charge in [0, 0.05) is 0 Å². The average Bonchev–Trinajstić information content (AvgIpc) is 2.57. The number of hydrogen-bond donors (Lipinski definition) is 0. The Morgan fingerprint density at radius 1 is 1.75 bits per heavy atom. The molecule has 0 aromatic carbocycles. The molecule has 0 aliphatic heterocycles. The van der Waals surface area contributed by atoms with Crippen LogP contribution in [-0.4, -0.2) is 19.7 Å². The minimum Gasteiger partial charge on any atom is -0.467 e. The van der Waals surface area contributed by atoms with Gasteiger partial charge in [0.2, 0.25) is 0 Å². The third-order valence-electron chi connectivity index (χ3n) is 1.22. The largest absolute Gasteiger partial charge is 0.467 e. The van der Waals surface area contributed by atoms with Crippen molar-refractivity contribution in [2.24, 2.45) is 0 Å². The van der Waals surface area contributed by atoms with Gasteiger partial charge in [0.15, 0.2) is 6.26 Å². The third-order valence-corrected chi connectivity index (χ3v) is 1.22. The molecule has 0 N–H and O–H groups in total. The van der Waals surface area contributed by atoms with Gasteiger partial charge in [0.1, 0.15) is 19.0 Å². The molecule has 1 aromatic heterocycles. The van der Waals surface area contributed by atoms with Gasteiger partial charge in [-0.25, -0.2) is 4.79 Å². The van der Waals surface area contributed by atoms with Gasteiger partial charge in [-0.15, -0.1) is 0 Å². The van der Waals surface area contributed by atoms with Crippen LogP contribution in [0.1, 0.15) is 5.76 Å². The van der Waals surface area contributed by atoms with Crippen LogP contribution in [0.25, 0.3) is 0 Å². The van der Waals surface area contributed by atoms with Gasteiger partial charge >= 0.3 is 5.97 Å². The van der Waals surface area contributed by atoms with Crippen molar-refractivity contribution in [3.63, 3.8) is 0 Å². The van der Waals surface area contributed by atoms with E-state index >= 15 is 0 Å². The molecule has 4 nitrogen and oxygen atoms in total. The first-order chi connectivity index (χ1) is 5.83. The van der Waals surface area contributed by atoms with Gasteiger partial charge in [0.05, 0.1) is 7.11 Å². The molecule has 0 saturated carbocycles. The van der Waals surface area contributed by atoms with E-state index in [2.05, 4.69) is 11.0 Å². The van der Waals surface area contributed by atoms with Crippen LogP contribution in [0, 0.1) is 6.26 Å². The Kier molecular flexibility index (Phi) is 3.35. The topological polar surface area (TPSA) is 48.7 Å². The van der Waals surface area contributed by atoms with Crippen LogP contribution in [0.3, 0.4) is 0 Å². The van der Waals surface area contributed by atoms with Crippen molar-refractivity contribution in [3.05, 3.63) is 24.2 Å². The summed E-state index contributed by atoms with van der Waals surface area (Å²) < 4.78 is 14.2. The Morgan fingerprint density at radius 2 is 2.58 bits per heavy atom. The Morgan fingerprint density at radius 3 is 3.17 bits per heavy atom. The second kappa shape index (κ2) is 4.56. The van der Waals surface area contributed by atoms with Crippen LogP contribution in [0.4, 0.5) is 0 Å². The zero-order chi connectivity index (χ0) is 8.81. The SMILES string of the molecule is COC(=O)COCc1cc[c]o1. The number of methoxy groups -OCH3 is 1. The van der Waals surface area contributed by atoms with Gasteiger partial charge < -0.3 is 13.9 Å². The zero-order valence-electron chi connectivity index (χ0n) is 6.70. The van der Waals surface area contributed by atoms with Crippen molar-refractivity contribution in [1.82, 2.24) is 0 Å². The lowest BCUT2D eigenvalue weighted by molar-refractivity contribution is -0.146. The summed E-state index contributed by atoms with van der Waals surface area (Å²) >= 11 is 0. The maximum atomic E-state index is 10.6. The highest BCUT2D eigenvalue weighted by atomic mass is 16.6. The molecule has 0 amide bonds. The van der Waals surface area contributed by atoms with Crippen molar-refractivity contribution in [2.45, 2.75) is 6.61 Å². The number of rotatable bonds is 4. The maximum absolute atomic E-state index is 10.6. The van der Waals surface area contributed by atoms with Crippen LogP contribution in [0.5, 0.6) is 0 Å². The molecule has 1 heterocycles. The summed E-state index contributed by atoms with van der Waals surface area (Å²) in [6.07, 6.45) is 2.51. The molecule has 0 aliphatic carbocycles. The summed E-state index contributed by atoms with van der Waals surface area (Å²) in [5.74, 6) is 0.240. The Balaban J connectivity index is 2.15. The molecule has 0 spiro atoms. The number of hydrogen-bond acceptors (Lipinski definition) is 4. The minimum atomic E-state index is -0.398. The summed E-state index contributed by atoms with van der Waals surface area (Å²) in [7, 11) is 1.31. The molecule has 0 fully saturated rings. The highest BCUT2D eigenvalue weighted by Crippen LogP contribution is 2.00. The van der Waals surface area contributed by atoms with E-state index in [-0.39, 0.29) is 13.2 Å². The van der Waals surface area contributed by atoms with Gasteiger partial charge in [-0.3, -0.25) is 0 Å². The normalized spacial score (nSPS) is 9.75. The molecular weight excluding hydrogens is 160 g/mol. The quantitative estimate of drug-likeness (QED) is 0.624. The van der Waals surface area contributed by atoms with Gasteiger partial charge in [-0.1, -0.05) is 0 Å². The zero-order valence-corrected chi connectivity index (χ0v) is 6.70. The number of furan rings is 1. The van der Waals surface area contributed by atoms with Crippen LogP contribution in [-0.2, 0) is 20.9 Å². The van der Waals surface area contributed by atoms with E-state index < -0.39 is 5.97 Å². The number of carbonyl (C=O) groups excluding carboxylic acids is 1. The molecule has 1 radical (unpaired) electrons. The fourth-order valence-corrected chi connectivity index (χ4v) is 0.642. The molecule has 0 unspecified atom stereocenters. The average molecular weight is 169 g/mol. The highest BCUT2D eigenvalue weighted by Gasteiger charge is 2.00. The summed E-state index contributed by atoms with van der Waals surface area (Å²) in [5.41, 5.74) is 0. The molecule has 0 aliphatic rings. The fourth-order valence-electron chi connectivity index (χ4n) is 0.642. The molecule has 1 aromatic rings. The lowest BCUT2D eigenvalue weighted by Crippen LogP contribution is -2.09. The van der Waals surface area contributed by atoms with E-state index in [9.17, 15) is 4.79 Å². The van der Waals surface area contributed by atoms with Crippen LogP contribution in [0.15, 0.2) is 16.5 Å². The van der Waals surface area contributed by atoms with Crippen LogP contribution >= 0.6 is 0 Å². The van der Waals surface area contributed by atoms with Crippen molar-refractivity contribution >= 4 is 5.97 Å². The maximum Gasteiger partial charge on any atom is 0.331 e. The number of ether oxygens (including phenoxy) is 2. The van der Waals surface area contributed by atoms with Gasteiger partial charge in [-0.2, -0.15) is 0 Å². The molecule has 65 valence electrons. The standard InChI is InChI=1S/C8H9O4/c1-10-8(9)6-11-5-7-3-2-4-12-7/h2-3H,5-6H2,1H3. The minimum absolute atomic E-state index is 0.0583. The lowest BCUT2D eigenvalue weighted by Gasteiger charge is -1.99. The van der Waals surface area contributed by atoms with Gasteiger partial charge in [-0.05, 0) is 12.1 Å². The van der Waals surface area contributed by atoms with Gasteiger partial charge in [0.25, 0.3) is 0 Å². The lowest BCUT2D eigenvalue weighted by atomic mass is 10.5. The van der Waals surface area contributed by atoms with Crippen molar-refractivity contribution in [3.8, 4) is 0 Å². The predicted octanol–water partition coefficient (Wildman–Crippen LogP) is 0.769. The summed E-state index contributed by atoms with van der Waals surface area (Å²) in [4.78, 5) is 10.6. The van der Waals surface area contributed by atoms with Crippen molar-refractivity contribution < 1.29 is 18.7 Å². The van der Waals surface area contributed by atoms with Crippen LogP contribution in [0.2, 0.25) is 0 Å². The number of carbonyl (C=O) groups is 1. The van der Waals surface area contributed by atoms with E-state index in [1.165, 1.54) is 7.11 Å². The summed E-state index contributed by atoms with van der Waals surface area (Å²) in [5, 5.41) is 0. The first-order valence-corrected chi connectivity index (χ1v) is 3.42. The van der Waals surface area contributed by atoms with Crippen molar-refractivity contribution in [2.75, 3.05) is 13.7 Å². The summed E-state index contributed by atoms with van der Waals surface area (Å²) in [6.45, 7) is 0.204. The number of esters is 1. The first-order valence-electron chi connectivity index (χ1n) is 3.42. The highest BCUT2D eigenvalue weighted by molar-refractivity contribution is 5.70. The smallest absolute Gasteiger partial charge is 0.331 e. The molecule has 0 saturated heterocycles. The molecule has 0 atom stereocenters. The van der Waals surface area contributed by atoms with E-state index in [4.69, 9.17) is 9.15 Å². The molecular formula is C8H9O4. The van der Waals surface area contributed by atoms with E-state index in [1.54, 1.807) is 12.1 Å². The Bertz CT molecular complexity index is 227. The van der Waals surface area contributed by atoms with Crippen molar-refractivity contribution in [1.29, 1.82) is 0 Å². The van der Waals surface area contributed by atoms with E-state index in [1.807, 2.05) is 0 Å². The summed E-state index contributed by atoms with van der Waals surface area (Å²) in [6, 6.07) is 3.36.